The molecule has 5 rings (SSSR count). The van der Waals surface area contributed by atoms with E-state index in [0.717, 1.165) is 58.4 Å². The fourth-order valence-electron chi connectivity index (χ4n) is 4.00. The highest BCUT2D eigenvalue weighted by atomic mass is 79.9. The number of nitrogens with zero attached hydrogens (tertiary/aromatic N) is 6. The highest BCUT2D eigenvalue weighted by Crippen LogP contribution is 2.31. The fourth-order valence-corrected chi connectivity index (χ4v) is 4.39. The van der Waals surface area contributed by atoms with Gasteiger partial charge in [0.1, 0.15) is 5.82 Å². The molecule has 0 bridgehead atoms. The Kier molecular flexibility index (Phi) is 5.07. The second-order valence-corrected chi connectivity index (χ2v) is 8.54. The molecule has 1 saturated heterocycles. The molecule has 4 heterocycles. The first-order valence-electron chi connectivity index (χ1n) is 10.2. The van der Waals surface area contributed by atoms with Crippen molar-refractivity contribution < 1.29 is 4.79 Å². The van der Waals surface area contributed by atoms with Crippen molar-refractivity contribution in [1.29, 1.82) is 0 Å². The normalized spacial score (nSPS) is 15.1. The third-order valence-electron chi connectivity index (χ3n) is 5.78. The number of aromatic nitrogens is 4. The van der Waals surface area contributed by atoms with Crippen LogP contribution in [0.1, 0.15) is 12.6 Å². The summed E-state index contributed by atoms with van der Waals surface area (Å²) in [6, 6.07) is 10.1. The first kappa shape index (κ1) is 19.9. The maximum Gasteiger partial charge on any atom is 0.219 e. The molecule has 3 aromatic heterocycles. The summed E-state index contributed by atoms with van der Waals surface area (Å²) >= 11 is 3.61. The number of fused-ring (bicyclic) bond motifs is 2. The van der Waals surface area contributed by atoms with E-state index in [2.05, 4.69) is 37.0 Å². The van der Waals surface area contributed by atoms with E-state index in [9.17, 15) is 4.79 Å². The first-order chi connectivity index (χ1) is 15.0. The van der Waals surface area contributed by atoms with E-state index in [1.165, 1.54) is 0 Å². The van der Waals surface area contributed by atoms with E-state index in [0.29, 0.717) is 18.0 Å². The molecule has 1 amide bonds. The molecular weight excluding hydrogens is 458 g/mol. The van der Waals surface area contributed by atoms with Crippen LogP contribution in [0.5, 0.6) is 0 Å². The molecule has 0 aliphatic carbocycles. The van der Waals surface area contributed by atoms with Gasteiger partial charge in [-0.2, -0.15) is 9.61 Å². The van der Waals surface area contributed by atoms with Gasteiger partial charge < -0.3 is 10.6 Å². The van der Waals surface area contributed by atoms with Crippen LogP contribution in [-0.4, -0.2) is 61.5 Å². The van der Waals surface area contributed by atoms with Crippen LogP contribution in [0.2, 0.25) is 0 Å². The van der Waals surface area contributed by atoms with Crippen molar-refractivity contribution in [1.82, 2.24) is 29.4 Å². The van der Waals surface area contributed by atoms with Crippen molar-refractivity contribution >= 4 is 44.2 Å². The zero-order valence-corrected chi connectivity index (χ0v) is 18.7. The minimum Gasteiger partial charge on any atom is -0.383 e. The molecule has 158 valence electrons. The molecule has 0 spiro atoms. The van der Waals surface area contributed by atoms with Gasteiger partial charge in [-0.3, -0.25) is 14.7 Å². The highest BCUT2D eigenvalue weighted by Gasteiger charge is 2.22. The van der Waals surface area contributed by atoms with Crippen molar-refractivity contribution in [3.05, 3.63) is 52.9 Å². The quantitative estimate of drug-likeness (QED) is 0.485. The average molecular weight is 480 g/mol. The van der Waals surface area contributed by atoms with Gasteiger partial charge in [-0.25, -0.2) is 4.98 Å². The number of hydrogen-bond donors (Lipinski definition) is 1. The number of halogens is 1. The minimum absolute atomic E-state index is 0.123. The Morgan fingerprint density at radius 1 is 1.16 bits per heavy atom. The lowest BCUT2D eigenvalue weighted by atomic mass is 10.1. The number of carbonyl (C=O) groups excluding carboxylic acids is 1. The van der Waals surface area contributed by atoms with E-state index >= 15 is 0 Å². The topological polar surface area (TPSA) is 92.7 Å². The number of anilines is 1. The SMILES string of the molecule is CC(=O)N1CCN(Cc2nc3c(-c4cnc5ccccc5c4)cnn3c(N)c2Br)CC1. The zero-order chi connectivity index (χ0) is 21.5. The van der Waals surface area contributed by atoms with Gasteiger partial charge in [0.05, 0.1) is 21.9 Å². The standard InChI is InChI=1S/C22H22BrN7O/c1-14(31)29-8-6-28(7-9-29)13-19-20(23)21(24)30-22(27-19)17(12-26-30)16-10-15-4-2-3-5-18(15)25-11-16/h2-5,10-12H,6-9,13,24H2,1H3. The largest absolute Gasteiger partial charge is 0.383 e. The Morgan fingerprint density at radius 2 is 1.94 bits per heavy atom. The Bertz CT molecular complexity index is 1290. The van der Waals surface area contributed by atoms with E-state index in [1.807, 2.05) is 35.4 Å². The fraction of sp³-hybridized carbons (Fsp3) is 0.273. The number of hydrogen-bond acceptors (Lipinski definition) is 6. The average Bonchev–Trinajstić information content (AvgIpc) is 3.21. The van der Waals surface area contributed by atoms with Gasteiger partial charge in [0.25, 0.3) is 0 Å². The third-order valence-corrected chi connectivity index (χ3v) is 6.65. The summed E-state index contributed by atoms with van der Waals surface area (Å²) in [4.78, 5) is 25.3. The summed E-state index contributed by atoms with van der Waals surface area (Å²) in [5, 5.41) is 5.53. The predicted molar refractivity (Wildman–Crippen MR) is 123 cm³/mol. The maximum absolute atomic E-state index is 11.6. The maximum atomic E-state index is 11.6. The third kappa shape index (κ3) is 3.64. The molecule has 9 heteroatoms. The second kappa shape index (κ2) is 7.90. The van der Waals surface area contributed by atoms with Crippen LogP contribution in [0.4, 0.5) is 5.82 Å². The van der Waals surface area contributed by atoms with E-state index in [4.69, 9.17) is 10.7 Å². The number of nitrogen functional groups attached to an aromatic ring is 1. The molecule has 1 aromatic carbocycles. The number of rotatable bonds is 3. The van der Waals surface area contributed by atoms with Gasteiger partial charge in [0, 0.05) is 62.4 Å². The van der Waals surface area contributed by atoms with Crippen LogP contribution in [-0.2, 0) is 11.3 Å². The van der Waals surface area contributed by atoms with Crippen molar-refractivity contribution in [2.45, 2.75) is 13.5 Å². The van der Waals surface area contributed by atoms with Crippen molar-refractivity contribution in [3.63, 3.8) is 0 Å². The first-order valence-corrected chi connectivity index (χ1v) is 10.9. The molecule has 0 radical (unpaired) electrons. The van der Waals surface area contributed by atoms with Gasteiger partial charge in [0.15, 0.2) is 5.65 Å². The number of benzene rings is 1. The number of piperazine rings is 1. The van der Waals surface area contributed by atoms with Crippen LogP contribution < -0.4 is 5.73 Å². The summed E-state index contributed by atoms with van der Waals surface area (Å²) in [6.45, 7) is 5.33. The molecule has 2 N–H and O–H groups in total. The molecule has 1 aliphatic rings. The Balaban J connectivity index is 1.50. The van der Waals surface area contributed by atoms with Gasteiger partial charge >= 0.3 is 0 Å². The predicted octanol–water partition coefficient (Wildman–Crippen LogP) is 2.95. The number of amides is 1. The van der Waals surface area contributed by atoms with E-state index in [1.54, 1.807) is 17.6 Å². The molecule has 0 saturated carbocycles. The van der Waals surface area contributed by atoms with Crippen LogP contribution >= 0.6 is 15.9 Å². The lowest BCUT2D eigenvalue weighted by Crippen LogP contribution is -2.47. The Labute approximate surface area is 187 Å². The van der Waals surface area contributed by atoms with Crippen LogP contribution in [0.15, 0.2) is 47.2 Å². The summed E-state index contributed by atoms with van der Waals surface area (Å²) < 4.78 is 2.41. The van der Waals surface area contributed by atoms with E-state index < -0.39 is 0 Å². The lowest BCUT2D eigenvalue weighted by molar-refractivity contribution is -0.130. The molecule has 1 fully saturated rings. The van der Waals surface area contributed by atoms with Crippen molar-refractivity contribution in [2.24, 2.45) is 0 Å². The van der Waals surface area contributed by atoms with E-state index in [-0.39, 0.29) is 5.91 Å². The number of carbonyl (C=O) groups is 1. The lowest BCUT2D eigenvalue weighted by Gasteiger charge is -2.34. The Morgan fingerprint density at radius 3 is 2.71 bits per heavy atom. The van der Waals surface area contributed by atoms with Crippen LogP contribution in [0.25, 0.3) is 27.7 Å². The summed E-state index contributed by atoms with van der Waals surface area (Å²) in [7, 11) is 0. The zero-order valence-electron chi connectivity index (χ0n) is 17.1. The van der Waals surface area contributed by atoms with Crippen molar-refractivity contribution in [3.8, 4) is 11.1 Å². The molecule has 0 unspecified atom stereocenters. The molecule has 31 heavy (non-hydrogen) atoms. The summed E-state index contributed by atoms with van der Waals surface area (Å²) in [6.07, 6.45) is 3.63. The van der Waals surface area contributed by atoms with Crippen molar-refractivity contribution in [2.75, 3.05) is 31.9 Å². The molecule has 1 aliphatic heterocycles. The van der Waals surface area contributed by atoms with Gasteiger partial charge in [0.2, 0.25) is 5.91 Å². The van der Waals surface area contributed by atoms with Crippen LogP contribution in [0.3, 0.4) is 0 Å². The summed E-state index contributed by atoms with van der Waals surface area (Å²) in [5.41, 5.74) is 10.7. The molecule has 4 aromatic rings. The number of para-hydroxylation sites is 1. The van der Waals surface area contributed by atoms with Crippen LogP contribution in [0, 0.1) is 0 Å². The monoisotopic (exact) mass is 479 g/mol. The van der Waals surface area contributed by atoms with Gasteiger partial charge in [-0.15, -0.1) is 0 Å². The molecule has 8 nitrogen and oxygen atoms in total. The summed E-state index contributed by atoms with van der Waals surface area (Å²) in [5.74, 6) is 0.639. The molecule has 0 atom stereocenters. The van der Waals surface area contributed by atoms with Gasteiger partial charge in [-0.05, 0) is 28.1 Å². The number of nitrogens with two attached hydrogens (primary N) is 1. The second-order valence-electron chi connectivity index (χ2n) is 7.75. The highest BCUT2D eigenvalue weighted by molar-refractivity contribution is 9.10. The molecular formula is C22H22BrN7O. The Hall–Kier alpha value is -3.04. The minimum atomic E-state index is 0.123. The number of pyridine rings is 1. The van der Waals surface area contributed by atoms with Gasteiger partial charge in [-0.1, -0.05) is 18.2 Å². The smallest absolute Gasteiger partial charge is 0.219 e.